The second kappa shape index (κ2) is 8.22. The fourth-order valence-electron chi connectivity index (χ4n) is 2.05. The molecule has 0 radical (unpaired) electrons. The van der Waals surface area contributed by atoms with Gasteiger partial charge in [-0.05, 0) is 29.7 Å². The molecule has 2 aromatic rings. The number of aromatic nitrogens is 1. The van der Waals surface area contributed by atoms with Crippen molar-refractivity contribution in [3.63, 3.8) is 0 Å². The highest BCUT2D eigenvalue weighted by Crippen LogP contribution is 2.14. The number of ether oxygens (including phenoxy) is 1. The van der Waals surface area contributed by atoms with Crippen LogP contribution in [0.5, 0.6) is 5.88 Å². The van der Waals surface area contributed by atoms with Crippen LogP contribution >= 0.6 is 0 Å². The Labute approximate surface area is 125 Å². The van der Waals surface area contributed by atoms with Gasteiger partial charge in [-0.3, -0.25) is 0 Å². The van der Waals surface area contributed by atoms with Crippen LogP contribution < -0.4 is 4.74 Å². The number of rotatable bonds is 7. The van der Waals surface area contributed by atoms with Crippen LogP contribution in [-0.4, -0.2) is 16.7 Å². The van der Waals surface area contributed by atoms with Crippen LogP contribution in [0, 0.1) is 0 Å². The standard InChI is InChI=1S/C18H21NO2/c1-2-7-17-12-16(14-20)13-18(19-17)21-11-6-10-15-8-4-3-5-9-15/h3-6,8-10,12-13,20H,2,7,11,14H2,1H3/b10-6+. The summed E-state index contributed by atoms with van der Waals surface area (Å²) in [6.07, 6.45) is 5.89. The number of aliphatic hydroxyl groups excluding tert-OH is 1. The minimum atomic E-state index is 0.00937. The van der Waals surface area contributed by atoms with Gasteiger partial charge in [0, 0.05) is 11.8 Å². The monoisotopic (exact) mass is 283 g/mol. The van der Waals surface area contributed by atoms with E-state index >= 15 is 0 Å². The van der Waals surface area contributed by atoms with E-state index in [2.05, 4.69) is 11.9 Å². The zero-order valence-electron chi connectivity index (χ0n) is 12.3. The predicted molar refractivity (Wildman–Crippen MR) is 85.1 cm³/mol. The van der Waals surface area contributed by atoms with Crippen LogP contribution in [0.15, 0.2) is 48.5 Å². The number of pyridine rings is 1. The number of aryl methyl sites for hydroxylation is 1. The van der Waals surface area contributed by atoms with E-state index in [-0.39, 0.29) is 6.61 Å². The molecule has 0 saturated carbocycles. The molecule has 0 spiro atoms. The van der Waals surface area contributed by atoms with Gasteiger partial charge >= 0.3 is 0 Å². The molecule has 0 unspecified atom stereocenters. The molecule has 0 atom stereocenters. The Morgan fingerprint density at radius 3 is 2.71 bits per heavy atom. The number of benzene rings is 1. The first-order chi connectivity index (χ1) is 10.3. The predicted octanol–water partition coefficient (Wildman–Crippen LogP) is 3.62. The molecule has 1 N–H and O–H groups in total. The molecule has 0 aliphatic carbocycles. The molecule has 3 nitrogen and oxygen atoms in total. The SMILES string of the molecule is CCCc1cc(CO)cc(OC/C=C/c2ccccc2)n1. The van der Waals surface area contributed by atoms with Gasteiger partial charge in [-0.1, -0.05) is 49.8 Å². The average molecular weight is 283 g/mol. The largest absolute Gasteiger partial charge is 0.473 e. The van der Waals surface area contributed by atoms with E-state index in [0.717, 1.165) is 29.7 Å². The topological polar surface area (TPSA) is 42.4 Å². The minimum absolute atomic E-state index is 0.00937. The van der Waals surface area contributed by atoms with Crippen molar-refractivity contribution in [1.29, 1.82) is 0 Å². The van der Waals surface area contributed by atoms with Crippen molar-refractivity contribution < 1.29 is 9.84 Å². The van der Waals surface area contributed by atoms with E-state index in [9.17, 15) is 5.11 Å². The van der Waals surface area contributed by atoms with E-state index in [1.165, 1.54) is 0 Å². The Hall–Kier alpha value is -2.13. The van der Waals surface area contributed by atoms with Crippen LogP contribution in [-0.2, 0) is 13.0 Å². The molecule has 3 heteroatoms. The molecule has 1 aromatic heterocycles. The maximum atomic E-state index is 9.28. The first-order valence-electron chi connectivity index (χ1n) is 7.27. The fraction of sp³-hybridized carbons (Fsp3) is 0.278. The molecular weight excluding hydrogens is 262 g/mol. The van der Waals surface area contributed by atoms with Gasteiger partial charge in [0.05, 0.1) is 6.61 Å². The highest BCUT2D eigenvalue weighted by molar-refractivity contribution is 5.48. The van der Waals surface area contributed by atoms with Crippen molar-refractivity contribution in [1.82, 2.24) is 4.98 Å². The summed E-state index contributed by atoms with van der Waals surface area (Å²) in [5.41, 5.74) is 2.95. The van der Waals surface area contributed by atoms with Crippen molar-refractivity contribution in [2.45, 2.75) is 26.4 Å². The molecular formula is C18H21NO2. The van der Waals surface area contributed by atoms with Crippen molar-refractivity contribution in [2.24, 2.45) is 0 Å². The summed E-state index contributed by atoms with van der Waals surface area (Å²) >= 11 is 0. The third kappa shape index (κ3) is 5.04. The molecule has 110 valence electrons. The maximum absolute atomic E-state index is 9.28. The molecule has 21 heavy (non-hydrogen) atoms. The zero-order chi connectivity index (χ0) is 14.9. The molecule has 0 aliphatic rings. The molecule has 1 heterocycles. The van der Waals surface area contributed by atoms with Crippen molar-refractivity contribution >= 4 is 6.08 Å². The van der Waals surface area contributed by atoms with Crippen LogP contribution in [0.1, 0.15) is 30.2 Å². The summed E-state index contributed by atoms with van der Waals surface area (Å²) in [5.74, 6) is 0.572. The van der Waals surface area contributed by atoms with Crippen molar-refractivity contribution in [2.75, 3.05) is 6.61 Å². The van der Waals surface area contributed by atoms with Gasteiger partial charge in [0.15, 0.2) is 0 Å². The number of aliphatic hydroxyl groups is 1. The van der Waals surface area contributed by atoms with Gasteiger partial charge in [-0.2, -0.15) is 0 Å². The first-order valence-corrected chi connectivity index (χ1v) is 7.27. The Bertz CT molecular complexity index is 579. The fourth-order valence-corrected chi connectivity index (χ4v) is 2.05. The van der Waals surface area contributed by atoms with Gasteiger partial charge in [-0.25, -0.2) is 4.98 Å². The summed E-state index contributed by atoms with van der Waals surface area (Å²) in [4.78, 5) is 4.45. The summed E-state index contributed by atoms with van der Waals surface area (Å²) in [6.45, 7) is 2.58. The Morgan fingerprint density at radius 2 is 2.00 bits per heavy atom. The Kier molecular flexibility index (Phi) is 5.98. The molecule has 0 bridgehead atoms. The summed E-state index contributed by atoms with van der Waals surface area (Å²) in [7, 11) is 0. The zero-order valence-corrected chi connectivity index (χ0v) is 12.3. The molecule has 0 amide bonds. The number of hydrogen-bond donors (Lipinski definition) is 1. The molecule has 1 aromatic carbocycles. The van der Waals surface area contributed by atoms with Gasteiger partial charge in [-0.15, -0.1) is 0 Å². The summed E-state index contributed by atoms with van der Waals surface area (Å²) < 4.78 is 5.65. The Morgan fingerprint density at radius 1 is 1.19 bits per heavy atom. The lowest BCUT2D eigenvalue weighted by molar-refractivity contribution is 0.279. The highest BCUT2D eigenvalue weighted by atomic mass is 16.5. The van der Waals surface area contributed by atoms with Crippen LogP contribution in [0.25, 0.3) is 6.08 Å². The quantitative estimate of drug-likeness (QED) is 0.844. The highest BCUT2D eigenvalue weighted by Gasteiger charge is 2.02. The van der Waals surface area contributed by atoms with Gasteiger partial charge in [0.1, 0.15) is 6.61 Å². The lowest BCUT2D eigenvalue weighted by atomic mass is 10.2. The van der Waals surface area contributed by atoms with E-state index in [0.29, 0.717) is 12.5 Å². The van der Waals surface area contributed by atoms with E-state index < -0.39 is 0 Å². The minimum Gasteiger partial charge on any atom is -0.473 e. The van der Waals surface area contributed by atoms with Crippen LogP contribution in [0.2, 0.25) is 0 Å². The van der Waals surface area contributed by atoms with Crippen molar-refractivity contribution in [3.8, 4) is 5.88 Å². The smallest absolute Gasteiger partial charge is 0.214 e. The molecule has 0 fully saturated rings. The summed E-state index contributed by atoms with van der Waals surface area (Å²) in [6, 6.07) is 13.8. The van der Waals surface area contributed by atoms with Crippen molar-refractivity contribution in [3.05, 3.63) is 65.4 Å². The molecule has 2 rings (SSSR count). The third-order valence-corrected chi connectivity index (χ3v) is 3.04. The summed E-state index contributed by atoms with van der Waals surface area (Å²) in [5, 5.41) is 9.28. The second-order valence-electron chi connectivity index (χ2n) is 4.84. The second-order valence-corrected chi connectivity index (χ2v) is 4.84. The van der Waals surface area contributed by atoms with E-state index in [1.54, 1.807) is 6.07 Å². The van der Waals surface area contributed by atoms with Gasteiger partial charge in [0.2, 0.25) is 5.88 Å². The van der Waals surface area contributed by atoms with Gasteiger partial charge < -0.3 is 9.84 Å². The lowest BCUT2D eigenvalue weighted by Gasteiger charge is -2.07. The lowest BCUT2D eigenvalue weighted by Crippen LogP contribution is -2.00. The Balaban J connectivity index is 1.96. The number of hydrogen-bond acceptors (Lipinski definition) is 3. The van der Waals surface area contributed by atoms with E-state index in [4.69, 9.17) is 4.74 Å². The molecule has 0 aliphatic heterocycles. The van der Waals surface area contributed by atoms with Crippen LogP contribution in [0.4, 0.5) is 0 Å². The molecule has 0 saturated heterocycles. The first kappa shape index (κ1) is 15.3. The normalized spacial score (nSPS) is 11.0. The van der Waals surface area contributed by atoms with E-state index in [1.807, 2.05) is 48.6 Å². The average Bonchev–Trinajstić information content (AvgIpc) is 2.53. The third-order valence-electron chi connectivity index (χ3n) is 3.04. The maximum Gasteiger partial charge on any atom is 0.214 e. The number of nitrogens with zero attached hydrogens (tertiary/aromatic N) is 1. The van der Waals surface area contributed by atoms with Gasteiger partial charge in [0.25, 0.3) is 0 Å². The van der Waals surface area contributed by atoms with Crippen LogP contribution in [0.3, 0.4) is 0 Å².